The Kier molecular flexibility index (Phi) is 5.38. The van der Waals surface area contributed by atoms with Crippen LogP contribution in [0.5, 0.6) is 11.5 Å². The average molecular weight is 345 g/mol. The molecule has 0 saturated carbocycles. The lowest BCUT2D eigenvalue weighted by atomic mass is 9.97. The first-order chi connectivity index (χ1) is 11.6. The summed E-state index contributed by atoms with van der Waals surface area (Å²) in [5, 5.41) is 3.55. The number of anilines is 1. The van der Waals surface area contributed by atoms with Crippen molar-refractivity contribution in [1.29, 1.82) is 0 Å². The number of hydrogen-bond acceptors (Lipinski definition) is 3. The molecule has 1 amide bonds. The molecule has 5 heteroatoms. The molecule has 0 radical (unpaired) electrons. The van der Waals surface area contributed by atoms with E-state index < -0.39 is 0 Å². The summed E-state index contributed by atoms with van der Waals surface area (Å²) in [5.41, 5.74) is 0.601. The van der Waals surface area contributed by atoms with Gasteiger partial charge in [0.15, 0.2) is 5.75 Å². The first-order valence-electron chi connectivity index (χ1n) is 8.13. The molecule has 24 heavy (non-hydrogen) atoms. The summed E-state index contributed by atoms with van der Waals surface area (Å²) in [5.74, 6) is 1.31. The summed E-state index contributed by atoms with van der Waals surface area (Å²) >= 11 is 6.10. The normalized spacial score (nSPS) is 18.2. The Balaban J connectivity index is 1.76. The third kappa shape index (κ3) is 4.28. The molecule has 1 unspecified atom stereocenters. The lowest BCUT2D eigenvalue weighted by Gasteiger charge is -2.28. The Morgan fingerprint density at radius 1 is 1.25 bits per heavy atom. The second-order valence-corrected chi connectivity index (χ2v) is 6.58. The zero-order chi connectivity index (χ0) is 16.9. The first kappa shape index (κ1) is 16.8. The van der Waals surface area contributed by atoms with E-state index in [-0.39, 0.29) is 11.8 Å². The molecule has 0 bridgehead atoms. The van der Waals surface area contributed by atoms with E-state index in [0.29, 0.717) is 22.2 Å². The molecule has 2 aromatic carbocycles. The molecule has 1 heterocycles. The van der Waals surface area contributed by atoms with E-state index >= 15 is 0 Å². The molecule has 4 nitrogen and oxygen atoms in total. The lowest BCUT2D eigenvalue weighted by molar-refractivity contribution is -0.121. The number of ether oxygens (including phenoxy) is 1. The van der Waals surface area contributed by atoms with Gasteiger partial charge in [0.25, 0.3) is 0 Å². The predicted molar refractivity (Wildman–Crippen MR) is 96.8 cm³/mol. The van der Waals surface area contributed by atoms with E-state index in [1.165, 1.54) is 0 Å². The maximum atomic E-state index is 12.6. The van der Waals surface area contributed by atoms with Gasteiger partial charge in [-0.05, 0) is 56.8 Å². The van der Waals surface area contributed by atoms with Gasteiger partial charge in [-0.2, -0.15) is 0 Å². The van der Waals surface area contributed by atoms with Crippen LogP contribution in [0.4, 0.5) is 5.69 Å². The molecule has 1 N–H and O–H groups in total. The summed E-state index contributed by atoms with van der Waals surface area (Å²) in [4.78, 5) is 14.8. The van der Waals surface area contributed by atoms with Gasteiger partial charge in [0.2, 0.25) is 5.91 Å². The van der Waals surface area contributed by atoms with Crippen LogP contribution >= 0.6 is 11.6 Å². The second-order valence-electron chi connectivity index (χ2n) is 6.15. The fraction of sp³-hybridized carbons (Fsp3) is 0.316. The highest BCUT2D eigenvalue weighted by Crippen LogP contribution is 2.32. The van der Waals surface area contributed by atoms with E-state index in [1.807, 2.05) is 37.4 Å². The molecular weight excluding hydrogens is 324 g/mol. The van der Waals surface area contributed by atoms with Crippen LogP contribution in [0.3, 0.4) is 0 Å². The third-order valence-electron chi connectivity index (χ3n) is 4.17. The largest absolute Gasteiger partial charge is 0.455 e. The highest BCUT2D eigenvalue weighted by atomic mass is 35.5. The van der Waals surface area contributed by atoms with Gasteiger partial charge in [-0.1, -0.05) is 29.8 Å². The van der Waals surface area contributed by atoms with Crippen molar-refractivity contribution in [3.8, 4) is 11.5 Å². The van der Waals surface area contributed by atoms with Crippen molar-refractivity contribution in [1.82, 2.24) is 4.90 Å². The molecule has 1 saturated heterocycles. The summed E-state index contributed by atoms with van der Waals surface area (Å²) in [6.07, 6.45) is 1.95. The fourth-order valence-corrected chi connectivity index (χ4v) is 3.09. The van der Waals surface area contributed by atoms with Crippen LogP contribution in [0.1, 0.15) is 12.8 Å². The van der Waals surface area contributed by atoms with Gasteiger partial charge in [-0.25, -0.2) is 0 Å². The maximum absolute atomic E-state index is 12.6. The van der Waals surface area contributed by atoms with Crippen LogP contribution < -0.4 is 10.1 Å². The molecule has 1 atom stereocenters. The number of carbonyl (C=O) groups excluding carboxylic acids is 1. The maximum Gasteiger partial charge on any atom is 0.228 e. The molecule has 126 valence electrons. The van der Waals surface area contributed by atoms with E-state index in [2.05, 4.69) is 10.2 Å². The summed E-state index contributed by atoms with van der Waals surface area (Å²) in [6, 6.07) is 14.7. The Morgan fingerprint density at radius 3 is 2.79 bits per heavy atom. The van der Waals surface area contributed by atoms with Gasteiger partial charge in [0.1, 0.15) is 5.75 Å². The monoisotopic (exact) mass is 344 g/mol. The van der Waals surface area contributed by atoms with Gasteiger partial charge in [0, 0.05) is 11.6 Å². The van der Waals surface area contributed by atoms with E-state index in [1.54, 1.807) is 18.2 Å². The van der Waals surface area contributed by atoms with Gasteiger partial charge >= 0.3 is 0 Å². The van der Waals surface area contributed by atoms with E-state index in [9.17, 15) is 4.79 Å². The van der Waals surface area contributed by atoms with Crippen molar-refractivity contribution in [2.24, 2.45) is 5.92 Å². The van der Waals surface area contributed by atoms with Crippen molar-refractivity contribution < 1.29 is 9.53 Å². The van der Waals surface area contributed by atoms with Crippen molar-refractivity contribution in [3.05, 3.63) is 53.6 Å². The number of likely N-dealkylation sites (tertiary alicyclic amines) is 1. The number of benzene rings is 2. The van der Waals surface area contributed by atoms with Crippen molar-refractivity contribution in [3.63, 3.8) is 0 Å². The van der Waals surface area contributed by atoms with Crippen LogP contribution in [-0.4, -0.2) is 30.9 Å². The van der Waals surface area contributed by atoms with Crippen molar-refractivity contribution in [2.45, 2.75) is 12.8 Å². The quantitative estimate of drug-likeness (QED) is 0.893. The molecule has 1 aliphatic heterocycles. The van der Waals surface area contributed by atoms with Crippen LogP contribution in [0, 0.1) is 5.92 Å². The Hall–Kier alpha value is -2.04. The number of amides is 1. The number of nitrogens with zero attached hydrogens (tertiary/aromatic N) is 1. The zero-order valence-corrected chi connectivity index (χ0v) is 14.4. The minimum absolute atomic E-state index is 0.00712. The molecule has 0 spiro atoms. The number of carbonyl (C=O) groups is 1. The smallest absolute Gasteiger partial charge is 0.228 e. The second kappa shape index (κ2) is 7.69. The van der Waals surface area contributed by atoms with Crippen molar-refractivity contribution >= 4 is 23.2 Å². The van der Waals surface area contributed by atoms with Crippen LogP contribution in [-0.2, 0) is 4.79 Å². The Morgan fingerprint density at radius 2 is 2.04 bits per heavy atom. The number of rotatable bonds is 4. The molecule has 1 aliphatic rings. The standard InChI is InChI=1S/C19H21ClN2O2/c1-22-11-5-6-14(13-22)19(23)21-17-12-15(20)9-10-18(17)24-16-7-3-2-4-8-16/h2-4,7-10,12,14H,5-6,11,13H2,1H3,(H,21,23). The van der Waals surface area contributed by atoms with E-state index in [0.717, 1.165) is 25.9 Å². The predicted octanol–water partition coefficient (Wildman–Crippen LogP) is 4.41. The van der Waals surface area contributed by atoms with Gasteiger partial charge in [0.05, 0.1) is 11.6 Å². The number of halogens is 1. The van der Waals surface area contributed by atoms with Crippen LogP contribution in [0.15, 0.2) is 48.5 Å². The highest BCUT2D eigenvalue weighted by Gasteiger charge is 2.24. The number of piperidine rings is 1. The Labute approximate surface area is 147 Å². The van der Waals surface area contributed by atoms with Gasteiger partial charge in [-0.3, -0.25) is 4.79 Å². The number of para-hydroxylation sites is 1. The molecule has 0 aromatic heterocycles. The molecule has 1 fully saturated rings. The van der Waals surface area contributed by atoms with Crippen molar-refractivity contribution in [2.75, 3.05) is 25.5 Å². The SMILES string of the molecule is CN1CCCC(C(=O)Nc2cc(Cl)ccc2Oc2ccccc2)C1. The summed E-state index contributed by atoms with van der Waals surface area (Å²) < 4.78 is 5.89. The lowest BCUT2D eigenvalue weighted by Crippen LogP contribution is -2.38. The van der Waals surface area contributed by atoms with Crippen LogP contribution in [0.2, 0.25) is 5.02 Å². The molecule has 2 aromatic rings. The fourth-order valence-electron chi connectivity index (χ4n) is 2.92. The third-order valence-corrected chi connectivity index (χ3v) is 4.40. The van der Waals surface area contributed by atoms with E-state index in [4.69, 9.17) is 16.3 Å². The van der Waals surface area contributed by atoms with Crippen LogP contribution in [0.25, 0.3) is 0 Å². The molecular formula is C19H21ClN2O2. The summed E-state index contributed by atoms with van der Waals surface area (Å²) in [6.45, 7) is 1.82. The molecule has 3 rings (SSSR count). The highest BCUT2D eigenvalue weighted by molar-refractivity contribution is 6.31. The summed E-state index contributed by atoms with van der Waals surface area (Å²) in [7, 11) is 2.04. The average Bonchev–Trinajstić information content (AvgIpc) is 2.58. The Bertz CT molecular complexity index is 706. The zero-order valence-electron chi connectivity index (χ0n) is 13.7. The first-order valence-corrected chi connectivity index (χ1v) is 8.51. The van der Waals surface area contributed by atoms with Gasteiger partial charge in [-0.15, -0.1) is 0 Å². The minimum atomic E-state index is -0.00712. The minimum Gasteiger partial charge on any atom is -0.455 e. The molecule has 0 aliphatic carbocycles. The number of hydrogen-bond donors (Lipinski definition) is 1. The topological polar surface area (TPSA) is 41.6 Å². The number of nitrogens with one attached hydrogen (secondary N) is 1. The van der Waals surface area contributed by atoms with Gasteiger partial charge < -0.3 is 15.0 Å².